The summed E-state index contributed by atoms with van der Waals surface area (Å²) < 4.78 is 28.6. The summed E-state index contributed by atoms with van der Waals surface area (Å²) in [7, 11) is -2.48. The Labute approximate surface area is 77.5 Å². The Morgan fingerprint density at radius 2 is 2.15 bits per heavy atom. The van der Waals surface area contributed by atoms with Crippen LogP contribution in [-0.2, 0) is 19.6 Å². The van der Waals surface area contributed by atoms with Crippen LogP contribution >= 0.6 is 0 Å². The molecule has 0 rings (SSSR count). The number of hydrogen-bond donors (Lipinski definition) is 2. The van der Waals surface area contributed by atoms with E-state index in [9.17, 15) is 13.2 Å². The van der Waals surface area contributed by atoms with Crippen molar-refractivity contribution in [3.63, 3.8) is 0 Å². The topological polar surface area (TPSA) is 98.5 Å². The quantitative estimate of drug-likeness (QED) is 0.534. The monoisotopic (exact) mass is 210 g/mol. The molecule has 1 atom stereocenters. The minimum Gasteiger partial charge on any atom is -0.468 e. The Kier molecular flexibility index (Phi) is 4.89. The number of esters is 1. The van der Waals surface area contributed by atoms with Crippen LogP contribution in [0.5, 0.6) is 0 Å². The lowest BCUT2D eigenvalue weighted by atomic mass is 10.4. The number of sulfonamides is 1. The molecule has 0 amide bonds. The zero-order chi connectivity index (χ0) is 10.5. The summed E-state index contributed by atoms with van der Waals surface area (Å²) in [5.74, 6) is -1.47. The highest BCUT2D eigenvalue weighted by Crippen LogP contribution is 1.89. The third-order valence-corrected chi connectivity index (χ3v) is 2.65. The molecule has 0 bridgehead atoms. The molecular formula is C6H14N2O4S. The number of methoxy groups -OCH3 is 1. The molecule has 0 aromatic carbocycles. The van der Waals surface area contributed by atoms with Crippen LogP contribution in [-0.4, -0.2) is 39.8 Å². The summed E-state index contributed by atoms with van der Waals surface area (Å²) in [6.07, 6.45) is 0. The summed E-state index contributed by atoms with van der Waals surface area (Å²) in [4.78, 5) is 10.6. The van der Waals surface area contributed by atoms with E-state index in [0.717, 1.165) is 7.11 Å². The second-order valence-corrected chi connectivity index (χ2v) is 4.34. The molecule has 3 N–H and O–H groups in total. The van der Waals surface area contributed by atoms with Gasteiger partial charge in [-0.1, -0.05) is 0 Å². The number of carbonyl (C=O) groups excluding carboxylic acids is 1. The number of ether oxygens (including phenoxy) is 1. The normalized spacial score (nSPS) is 13.8. The molecule has 1 unspecified atom stereocenters. The zero-order valence-corrected chi connectivity index (χ0v) is 8.43. The predicted octanol–water partition coefficient (Wildman–Crippen LogP) is -1.57. The van der Waals surface area contributed by atoms with Crippen molar-refractivity contribution in [2.45, 2.75) is 13.0 Å². The maximum atomic E-state index is 11.1. The van der Waals surface area contributed by atoms with E-state index >= 15 is 0 Å². The third kappa shape index (κ3) is 5.56. The van der Waals surface area contributed by atoms with Gasteiger partial charge in [0.05, 0.1) is 7.11 Å². The molecule has 0 aliphatic rings. The van der Waals surface area contributed by atoms with Crippen LogP contribution in [0.2, 0.25) is 0 Å². The lowest BCUT2D eigenvalue weighted by molar-refractivity contribution is -0.137. The number of carbonyl (C=O) groups is 1. The van der Waals surface area contributed by atoms with Gasteiger partial charge in [0.2, 0.25) is 10.0 Å². The SMILES string of the molecule is COC(=O)CS(=O)(=O)NC(C)CN. The molecule has 0 spiro atoms. The molecular weight excluding hydrogens is 196 g/mol. The Hall–Kier alpha value is -0.660. The first-order chi connectivity index (χ1) is 5.91. The third-order valence-electron chi connectivity index (χ3n) is 1.27. The first-order valence-corrected chi connectivity index (χ1v) is 5.33. The second-order valence-electron chi connectivity index (χ2n) is 2.59. The summed E-state index contributed by atoms with van der Waals surface area (Å²) in [6, 6.07) is -0.380. The van der Waals surface area contributed by atoms with Crippen molar-refractivity contribution in [1.29, 1.82) is 0 Å². The molecule has 0 aliphatic heterocycles. The standard InChI is InChI=1S/C6H14N2O4S/c1-5(3-7)8-13(10,11)4-6(9)12-2/h5,8H,3-4,7H2,1-2H3. The molecule has 0 heterocycles. The molecule has 0 fully saturated rings. The van der Waals surface area contributed by atoms with E-state index in [0.29, 0.717) is 0 Å². The lowest BCUT2D eigenvalue weighted by Gasteiger charge is -2.10. The summed E-state index contributed by atoms with van der Waals surface area (Å²) >= 11 is 0. The van der Waals surface area contributed by atoms with Crippen molar-refractivity contribution < 1.29 is 17.9 Å². The molecule has 7 heteroatoms. The number of rotatable bonds is 5. The fourth-order valence-corrected chi connectivity index (χ4v) is 1.83. The Morgan fingerprint density at radius 3 is 2.54 bits per heavy atom. The number of nitrogens with two attached hydrogens (primary N) is 1. The predicted molar refractivity (Wildman–Crippen MR) is 47.5 cm³/mol. The highest BCUT2D eigenvalue weighted by atomic mass is 32.2. The van der Waals surface area contributed by atoms with Gasteiger partial charge in [-0.25, -0.2) is 13.1 Å². The van der Waals surface area contributed by atoms with E-state index in [2.05, 4.69) is 9.46 Å². The van der Waals surface area contributed by atoms with Gasteiger partial charge < -0.3 is 10.5 Å². The van der Waals surface area contributed by atoms with Crippen LogP contribution in [0.25, 0.3) is 0 Å². The number of hydrogen-bond acceptors (Lipinski definition) is 5. The molecule has 6 nitrogen and oxygen atoms in total. The van der Waals surface area contributed by atoms with E-state index in [1.165, 1.54) is 0 Å². The first kappa shape index (κ1) is 12.3. The highest BCUT2D eigenvalue weighted by molar-refractivity contribution is 7.90. The maximum Gasteiger partial charge on any atom is 0.322 e. The highest BCUT2D eigenvalue weighted by Gasteiger charge is 2.18. The Balaban J connectivity index is 4.17. The van der Waals surface area contributed by atoms with Crippen LogP contribution in [0.15, 0.2) is 0 Å². The van der Waals surface area contributed by atoms with Crippen molar-refractivity contribution in [1.82, 2.24) is 4.72 Å². The molecule has 0 radical (unpaired) electrons. The van der Waals surface area contributed by atoms with Crippen molar-refractivity contribution in [3.05, 3.63) is 0 Å². The van der Waals surface area contributed by atoms with E-state index in [-0.39, 0.29) is 12.6 Å². The molecule has 0 aromatic heterocycles. The zero-order valence-electron chi connectivity index (χ0n) is 7.61. The van der Waals surface area contributed by atoms with Gasteiger partial charge in [0, 0.05) is 12.6 Å². The van der Waals surface area contributed by atoms with Crippen molar-refractivity contribution >= 4 is 16.0 Å². The van der Waals surface area contributed by atoms with Crippen molar-refractivity contribution in [3.8, 4) is 0 Å². The van der Waals surface area contributed by atoms with E-state index in [1.807, 2.05) is 0 Å². The largest absolute Gasteiger partial charge is 0.468 e. The van der Waals surface area contributed by atoms with Gasteiger partial charge in [-0.15, -0.1) is 0 Å². The van der Waals surface area contributed by atoms with Gasteiger partial charge in [-0.05, 0) is 6.92 Å². The van der Waals surface area contributed by atoms with Gasteiger partial charge >= 0.3 is 5.97 Å². The summed E-state index contributed by atoms with van der Waals surface area (Å²) in [6.45, 7) is 1.79. The summed E-state index contributed by atoms with van der Waals surface area (Å²) in [5.41, 5.74) is 5.20. The molecule has 0 saturated heterocycles. The molecule has 0 saturated carbocycles. The fraction of sp³-hybridized carbons (Fsp3) is 0.833. The van der Waals surface area contributed by atoms with Crippen LogP contribution in [0.4, 0.5) is 0 Å². The smallest absolute Gasteiger partial charge is 0.322 e. The van der Waals surface area contributed by atoms with Gasteiger partial charge in [0.25, 0.3) is 0 Å². The molecule has 78 valence electrons. The lowest BCUT2D eigenvalue weighted by Crippen LogP contribution is -2.40. The van der Waals surface area contributed by atoms with Gasteiger partial charge in [0.1, 0.15) is 0 Å². The minimum absolute atomic E-state index is 0.181. The van der Waals surface area contributed by atoms with Crippen LogP contribution < -0.4 is 10.5 Å². The first-order valence-electron chi connectivity index (χ1n) is 3.68. The van der Waals surface area contributed by atoms with Crippen LogP contribution in [0.1, 0.15) is 6.92 Å². The second kappa shape index (κ2) is 5.15. The van der Waals surface area contributed by atoms with Crippen LogP contribution in [0.3, 0.4) is 0 Å². The van der Waals surface area contributed by atoms with Crippen molar-refractivity contribution in [2.24, 2.45) is 5.73 Å². The van der Waals surface area contributed by atoms with Crippen molar-refractivity contribution in [2.75, 3.05) is 19.4 Å². The number of nitrogens with one attached hydrogen (secondary N) is 1. The maximum absolute atomic E-state index is 11.1. The Morgan fingerprint density at radius 1 is 1.62 bits per heavy atom. The van der Waals surface area contributed by atoms with Crippen LogP contribution in [0, 0.1) is 0 Å². The van der Waals surface area contributed by atoms with E-state index in [4.69, 9.17) is 5.73 Å². The van der Waals surface area contributed by atoms with Gasteiger partial charge in [-0.3, -0.25) is 4.79 Å². The molecule has 13 heavy (non-hydrogen) atoms. The van der Waals surface area contributed by atoms with E-state index in [1.54, 1.807) is 6.92 Å². The summed E-state index contributed by atoms with van der Waals surface area (Å²) in [5, 5.41) is 0. The van der Waals surface area contributed by atoms with E-state index < -0.39 is 21.7 Å². The minimum atomic E-state index is -3.61. The van der Waals surface area contributed by atoms with Gasteiger partial charge in [-0.2, -0.15) is 0 Å². The average Bonchev–Trinajstić information content (AvgIpc) is 2.02. The van der Waals surface area contributed by atoms with Gasteiger partial charge in [0.15, 0.2) is 5.75 Å². The average molecular weight is 210 g/mol. The fourth-order valence-electron chi connectivity index (χ4n) is 0.610. The Bertz CT molecular complexity index is 262. The molecule has 0 aliphatic carbocycles. The molecule has 0 aromatic rings.